The standard InChI is InChI=1S/C18H26O3/c1-18-7-2-3-13(18)10-4-5-12-16(11(10)6-8-18)14(19)9-15(20)17(12)21/h10-11,13-14,16,19,21H,2-9H2,1H3/t10-,11+,13+,14-,16-,18+/m1/s1. The third kappa shape index (κ3) is 1.86. The highest BCUT2D eigenvalue weighted by atomic mass is 16.3. The second-order valence-electron chi connectivity index (χ2n) is 8.15. The van der Waals surface area contributed by atoms with Crippen LogP contribution < -0.4 is 0 Å². The lowest BCUT2D eigenvalue weighted by Gasteiger charge is -2.53. The van der Waals surface area contributed by atoms with Crippen LogP contribution in [0.2, 0.25) is 0 Å². The van der Waals surface area contributed by atoms with Crippen molar-refractivity contribution in [3.05, 3.63) is 11.3 Å². The third-order valence-electron chi connectivity index (χ3n) is 7.26. The van der Waals surface area contributed by atoms with Gasteiger partial charge in [-0.2, -0.15) is 0 Å². The molecule has 3 heteroatoms. The summed E-state index contributed by atoms with van der Waals surface area (Å²) in [5.41, 5.74) is 1.39. The van der Waals surface area contributed by atoms with Gasteiger partial charge >= 0.3 is 0 Å². The maximum atomic E-state index is 11.8. The van der Waals surface area contributed by atoms with Crippen molar-refractivity contribution in [2.75, 3.05) is 0 Å². The highest BCUT2D eigenvalue weighted by Gasteiger charge is 2.54. The number of rotatable bonds is 0. The van der Waals surface area contributed by atoms with E-state index in [1.54, 1.807) is 0 Å². The van der Waals surface area contributed by atoms with E-state index in [4.69, 9.17) is 0 Å². The second kappa shape index (κ2) is 4.58. The van der Waals surface area contributed by atoms with E-state index in [0.29, 0.717) is 17.3 Å². The first-order valence-corrected chi connectivity index (χ1v) is 8.64. The van der Waals surface area contributed by atoms with E-state index in [1.807, 2.05) is 0 Å². The first-order valence-electron chi connectivity index (χ1n) is 8.64. The van der Waals surface area contributed by atoms with E-state index in [9.17, 15) is 15.0 Å². The lowest BCUT2D eigenvalue weighted by molar-refractivity contribution is -0.124. The van der Waals surface area contributed by atoms with Gasteiger partial charge in [0.05, 0.1) is 6.10 Å². The Balaban J connectivity index is 1.69. The molecule has 3 saturated carbocycles. The Morgan fingerprint density at radius 2 is 1.95 bits per heavy atom. The van der Waals surface area contributed by atoms with Crippen molar-refractivity contribution in [1.29, 1.82) is 0 Å². The van der Waals surface area contributed by atoms with Crippen LogP contribution in [0.4, 0.5) is 0 Å². The van der Waals surface area contributed by atoms with Gasteiger partial charge in [-0.15, -0.1) is 0 Å². The van der Waals surface area contributed by atoms with E-state index in [-0.39, 0.29) is 23.9 Å². The Labute approximate surface area is 126 Å². The van der Waals surface area contributed by atoms with Crippen LogP contribution in [-0.2, 0) is 4.79 Å². The molecule has 116 valence electrons. The molecule has 0 aromatic carbocycles. The number of hydrogen-bond acceptors (Lipinski definition) is 3. The maximum Gasteiger partial charge on any atom is 0.199 e. The van der Waals surface area contributed by atoms with Crippen molar-refractivity contribution < 1.29 is 15.0 Å². The van der Waals surface area contributed by atoms with Crippen LogP contribution in [0.5, 0.6) is 0 Å². The number of hydrogen-bond donors (Lipinski definition) is 2. The van der Waals surface area contributed by atoms with Gasteiger partial charge in [0.25, 0.3) is 0 Å². The number of aliphatic hydroxyl groups excluding tert-OH is 2. The summed E-state index contributed by atoms with van der Waals surface area (Å²) in [6.45, 7) is 2.46. The summed E-state index contributed by atoms with van der Waals surface area (Å²) in [5.74, 6) is 1.75. The molecule has 0 aliphatic heterocycles. The molecule has 0 bridgehead atoms. The second-order valence-corrected chi connectivity index (χ2v) is 8.15. The molecule has 0 aromatic heterocycles. The van der Waals surface area contributed by atoms with Crippen LogP contribution in [0.25, 0.3) is 0 Å². The molecule has 0 amide bonds. The number of carbonyl (C=O) groups excluding carboxylic acids is 1. The van der Waals surface area contributed by atoms with E-state index in [2.05, 4.69) is 6.92 Å². The molecule has 0 unspecified atom stereocenters. The predicted octanol–water partition coefficient (Wildman–Crippen LogP) is 3.37. The fourth-order valence-corrected chi connectivity index (χ4v) is 6.30. The molecule has 2 N–H and O–H groups in total. The van der Waals surface area contributed by atoms with Crippen molar-refractivity contribution in [1.82, 2.24) is 0 Å². The monoisotopic (exact) mass is 290 g/mol. The van der Waals surface area contributed by atoms with Gasteiger partial charge in [-0.25, -0.2) is 0 Å². The summed E-state index contributed by atoms with van der Waals surface area (Å²) in [4.78, 5) is 11.8. The molecule has 21 heavy (non-hydrogen) atoms. The molecule has 0 saturated heterocycles. The van der Waals surface area contributed by atoms with Gasteiger partial charge in [0.15, 0.2) is 11.5 Å². The molecule has 0 heterocycles. The summed E-state index contributed by atoms with van der Waals surface area (Å²) in [6.07, 6.45) is 7.92. The normalized spacial score (nSPS) is 49.6. The highest BCUT2D eigenvalue weighted by Crippen LogP contribution is 2.61. The molecule has 4 aliphatic carbocycles. The summed E-state index contributed by atoms with van der Waals surface area (Å²) >= 11 is 0. The molecule has 4 rings (SSSR count). The smallest absolute Gasteiger partial charge is 0.199 e. The maximum absolute atomic E-state index is 11.8. The van der Waals surface area contributed by atoms with E-state index >= 15 is 0 Å². The fourth-order valence-electron chi connectivity index (χ4n) is 6.30. The summed E-state index contributed by atoms with van der Waals surface area (Å²) < 4.78 is 0. The van der Waals surface area contributed by atoms with Gasteiger partial charge in [0, 0.05) is 12.3 Å². The van der Waals surface area contributed by atoms with Crippen LogP contribution in [-0.4, -0.2) is 22.1 Å². The Bertz CT molecular complexity index is 509. The van der Waals surface area contributed by atoms with Gasteiger partial charge in [0.1, 0.15) is 0 Å². The minimum Gasteiger partial charge on any atom is -0.504 e. The van der Waals surface area contributed by atoms with Gasteiger partial charge in [0.2, 0.25) is 0 Å². The molecular formula is C18H26O3. The van der Waals surface area contributed by atoms with Crippen molar-refractivity contribution in [2.45, 2.75) is 64.4 Å². The minimum absolute atomic E-state index is 0.0106. The lowest BCUT2D eigenvalue weighted by Crippen LogP contribution is -2.49. The fraction of sp³-hybridized carbons (Fsp3) is 0.833. The average molecular weight is 290 g/mol. The van der Waals surface area contributed by atoms with Crippen LogP contribution in [0.15, 0.2) is 11.3 Å². The molecular weight excluding hydrogens is 264 g/mol. The van der Waals surface area contributed by atoms with E-state index in [0.717, 1.165) is 30.8 Å². The van der Waals surface area contributed by atoms with Crippen molar-refractivity contribution >= 4 is 5.78 Å². The zero-order valence-electron chi connectivity index (χ0n) is 12.8. The highest BCUT2D eigenvalue weighted by molar-refractivity contribution is 5.95. The van der Waals surface area contributed by atoms with Crippen LogP contribution in [0.1, 0.15) is 58.3 Å². The summed E-state index contributed by atoms with van der Waals surface area (Å²) in [7, 11) is 0. The Hall–Kier alpha value is -0.830. The number of carbonyl (C=O) groups is 1. The van der Waals surface area contributed by atoms with Crippen LogP contribution >= 0.6 is 0 Å². The number of ketones is 1. The largest absolute Gasteiger partial charge is 0.504 e. The lowest BCUT2D eigenvalue weighted by atomic mass is 9.52. The zero-order valence-corrected chi connectivity index (χ0v) is 12.8. The first-order chi connectivity index (χ1) is 10.0. The number of aliphatic hydroxyl groups is 2. The first kappa shape index (κ1) is 13.8. The van der Waals surface area contributed by atoms with E-state index < -0.39 is 6.10 Å². The van der Waals surface area contributed by atoms with Crippen LogP contribution in [0, 0.1) is 29.1 Å². The molecule has 3 fully saturated rings. The van der Waals surface area contributed by atoms with Gasteiger partial charge in [-0.3, -0.25) is 4.79 Å². The quantitative estimate of drug-likeness (QED) is 0.719. The van der Waals surface area contributed by atoms with Gasteiger partial charge in [-0.1, -0.05) is 13.3 Å². The molecule has 3 nitrogen and oxygen atoms in total. The van der Waals surface area contributed by atoms with Crippen molar-refractivity contribution in [3.63, 3.8) is 0 Å². The van der Waals surface area contributed by atoms with E-state index in [1.165, 1.54) is 25.7 Å². The molecule has 0 radical (unpaired) electrons. The average Bonchev–Trinajstić information content (AvgIpc) is 2.85. The van der Waals surface area contributed by atoms with Gasteiger partial charge in [-0.05, 0) is 67.3 Å². The molecule has 6 atom stereocenters. The zero-order chi connectivity index (χ0) is 14.8. The minimum atomic E-state index is -0.568. The summed E-state index contributed by atoms with van der Waals surface area (Å²) in [6, 6.07) is 0. The SMILES string of the molecule is C[C@@]12CCC[C@H]1[C@@H]1CCC3=C(O)C(=O)C[C@@H](O)[C@@H]3[C@H]1CC2. The Morgan fingerprint density at radius 3 is 2.76 bits per heavy atom. The Kier molecular flexibility index (Phi) is 3.01. The third-order valence-corrected chi connectivity index (χ3v) is 7.26. The Morgan fingerprint density at radius 1 is 1.14 bits per heavy atom. The number of fused-ring (bicyclic) bond motifs is 5. The van der Waals surface area contributed by atoms with Crippen molar-refractivity contribution in [2.24, 2.45) is 29.1 Å². The topological polar surface area (TPSA) is 57.5 Å². The molecule has 4 aliphatic rings. The van der Waals surface area contributed by atoms with Crippen LogP contribution in [0.3, 0.4) is 0 Å². The summed E-state index contributed by atoms with van der Waals surface area (Å²) in [5, 5.41) is 20.6. The predicted molar refractivity (Wildman–Crippen MR) is 79.7 cm³/mol. The van der Waals surface area contributed by atoms with Gasteiger partial charge < -0.3 is 10.2 Å². The number of Topliss-reactive ketones (excluding diaryl/α,β-unsaturated/α-hetero) is 1. The van der Waals surface area contributed by atoms with Crippen molar-refractivity contribution in [3.8, 4) is 0 Å². The molecule has 0 aromatic rings. The molecule has 0 spiro atoms.